The van der Waals surface area contributed by atoms with E-state index in [-0.39, 0.29) is 41.9 Å². The molecule has 1 aliphatic heterocycles. The molecule has 5 atom stereocenters. The van der Waals surface area contributed by atoms with Gasteiger partial charge in [-0.2, -0.15) is 0 Å². The molecule has 52 heavy (non-hydrogen) atoms. The van der Waals surface area contributed by atoms with E-state index in [9.17, 15) is 29.1 Å². The molecule has 286 valence electrons. The van der Waals surface area contributed by atoms with E-state index in [1.165, 1.54) is 16.7 Å². The Morgan fingerprint density at radius 3 is 1.98 bits per heavy atom. The summed E-state index contributed by atoms with van der Waals surface area (Å²) in [5.41, 5.74) is 0.329. The van der Waals surface area contributed by atoms with E-state index in [2.05, 4.69) is 21.3 Å². The average Bonchev–Trinajstić information content (AvgIpc) is 3.38. The Hall–Kier alpha value is -3.90. The molecule has 0 saturated carbocycles. The number of carbonyl (C=O) groups is 5. The standard InChI is InChI=1S/C40H59N5O6S/c1-25(2)21-29(46)43-30(27-19-15-12-16-20-27)34(48)44-32(39(6,7)8)35(49)42-28(22-26-17-13-11-14-18-26)31(47)37(51)45-24-52-40(9,10)33(45)36(50)41-23-38(3,4)5/h11-20,25,28,30-33,47H,21-24H2,1-10H3,(H,41,50)(H,42,49)(H,43,46)(H,44,48)/t28-,30-,31-,32+,33+/m0/s1. The second kappa shape index (κ2) is 17.7. The molecule has 0 aliphatic carbocycles. The fourth-order valence-corrected chi connectivity index (χ4v) is 7.16. The first-order valence-electron chi connectivity index (χ1n) is 18.0. The fourth-order valence-electron chi connectivity index (χ4n) is 6.02. The number of hydrogen-bond donors (Lipinski definition) is 5. The number of aliphatic hydroxyl groups is 1. The van der Waals surface area contributed by atoms with E-state index in [4.69, 9.17) is 0 Å². The van der Waals surface area contributed by atoms with Gasteiger partial charge in [-0.05, 0) is 48.1 Å². The van der Waals surface area contributed by atoms with Crippen molar-refractivity contribution in [3.63, 3.8) is 0 Å². The van der Waals surface area contributed by atoms with Crippen LogP contribution in [0.2, 0.25) is 0 Å². The highest BCUT2D eigenvalue weighted by molar-refractivity contribution is 8.00. The summed E-state index contributed by atoms with van der Waals surface area (Å²) in [5, 5.41) is 23.3. The largest absolute Gasteiger partial charge is 0.381 e. The Kier molecular flexibility index (Phi) is 14.5. The van der Waals surface area contributed by atoms with E-state index in [0.717, 1.165) is 5.56 Å². The predicted octanol–water partition coefficient (Wildman–Crippen LogP) is 4.35. The van der Waals surface area contributed by atoms with Crippen LogP contribution in [-0.4, -0.2) is 80.9 Å². The van der Waals surface area contributed by atoms with Crippen molar-refractivity contribution in [3.05, 3.63) is 71.8 Å². The molecule has 11 nitrogen and oxygen atoms in total. The van der Waals surface area contributed by atoms with Gasteiger partial charge < -0.3 is 31.3 Å². The number of rotatable bonds is 14. The van der Waals surface area contributed by atoms with Crippen molar-refractivity contribution in [2.75, 3.05) is 12.4 Å². The summed E-state index contributed by atoms with van der Waals surface area (Å²) in [6.45, 7) is 19.4. The van der Waals surface area contributed by atoms with Gasteiger partial charge in [-0.3, -0.25) is 24.0 Å². The maximum Gasteiger partial charge on any atom is 0.254 e. The van der Waals surface area contributed by atoms with Gasteiger partial charge in [0.25, 0.3) is 5.91 Å². The molecule has 2 aromatic rings. The van der Waals surface area contributed by atoms with Gasteiger partial charge in [0.05, 0.1) is 11.9 Å². The summed E-state index contributed by atoms with van der Waals surface area (Å²) in [5.74, 6) is -2.20. The molecule has 5 N–H and O–H groups in total. The van der Waals surface area contributed by atoms with Crippen LogP contribution in [0.1, 0.15) is 92.8 Å². The molecular formula is C40H59N5O6S. The SMILES string of the molecule is CC(C)CC(=O)N[C@H](C(=O)N[C@H](C(=O)N[C@@H](Cc1ccccc1)[C@H](O)C(=O)N1CSC(C)(C)[C@H]1C(=O)NCC(C)(C)C)C(C)(C)C)c1ccccc1. The second-order valence-electron chi connectivity index (χ2n) is 16.9. The number of amides is 5. The van der Waals surface area contributed by atoms with Gasteiger partial charge in [-0.15, -0.1) is 11.8 Å². The summed E-state index contributed by atoms with van der Waals surface area (Å²) in [4.78, 5) is 70.1. The first kappa shape index (κ1) is 42.5. The summed E-state index contributed by atoms with van der Waals surface area (Å²) >= 11 is 1.44. The molecule has 3 rings (SSSR count). The van der Waals surface area contributed by atoms with Crippen molar-refractivity contribution in [3.8, 4) is 0 Å². The fraction of sp³-hybridized carbons (Fsp3) is 0.575. The Labute approximate surface area is 313 Å². The molecule has 1 fully saturated rings. The average molecular weight is 738 g/mol. The van der Waals surface area contributed by atoms with Crippen LogP contribution in [0.4, 0.5) is 0 Å². The summed E-state index contributed by atoms with van der Waals surface area (Å²) in [7, 11) is 0. The third kappa shape index (κ3) is 12.1. The van der Waals surface area contributed by atoms with Crippen LogP contribution in [0.15, 0.2) is 60.7 Å². The van der Waals surface area contributed by atoms with Crippen molar-refractivity contribution in [2.45, 2.75) is 117 Å². The van der Waals surface area contributed by atoms with Crippen molar-refractivity contribution >= 4 is 41.3 Å². The van der Waals surface area contributed by atoms with Gasteiger partial charge in [-0.1, -0.05) is 116 Å². The second-order valence-corrected chi connectivity index (χ2v) is 18.5. The topological polar surface area (TPSA) is 157 Å². The van der Waals surface area contributed by atoms with Crippen LogP contribution in [-0.2, 0) is 30.4 Å². The minimum atomic E-state index is -1.71. The Balaban J connectivity index is 1.92. The number of carbonyl (C=O) groups excluding carboxylic acids is 5. The summed E-state index contributed by atoms with van der Waals surface area (Å²) in [6, 6.07) is 13.8. The molecule has 0 spiro atoms. The van der Waals surface area contributed by atoms with Crippen molar-refractivity contribution < 1.29 is 29.1 Å². The van der Waals surface area contributed by atoms with Gasteiger partial charge in [0.2, 0.25) is 23.6 Å². The smallest absolute Gasteiger partial charge is 0.254 e. The molecule has 2 aromatic carbocycles. The molecule has 1 aliphatic rings. The summed E-state index contributed by atoms with van der Waals surface area (Å²) in [6.07, 6.45) is -1.38. The van der Waals surface area contributed by atoms with Crippen LogP contribution in [0.25, 0.3) is 0 Å². The first-order chi connectivity index (χ1) is 24.1. The number of benzene rings is 2. The van der Waals surface area contributed by atoms with Crippen LogP contribution in [0.3, 0.4) is 0 Å². The van der Waals surface area contributed by atoms with Crippen LogP contribution in [0, 0.1) is 16.7 Å². The molecular weight excluding hydrogens is 679 g/mol. The monoisotopic (exact) mass is 737 g/mol. The highest BCUT2D eigenvalue weighted by atomic mass is 32.2. The predicted molar refractivity (Wildman–Crippen MR) is 206 cm³/mol. The maximum absolute atomic E-state index is 14.2. The van der Waals surface area contributed by atoms with Gasteiger partial charge in [0, 0.05) is 17.7 Å². The number of nitrogens with one attached hydrogen (secondary N) is 4. The number of aliphatic hydroxyl groups excluding tert-OH is 1. The van der Waals surface area contributed by atoms with Gasteiger partial charge in [-0.25, -0.2) is 0 Å². The lowest BCUT2D eigenvalue weighted by atomic mass is 9.85. The molecule has 0 radical (unpaired) electrons. The lowest BCUT2D eigenvalue weighted by Gasteiger charge is -2.36. The summed E-state index contributed by atoms with van der Waals surface area (Å²) < 4.78 is -0.628. The number of hydrogen-bond acceptors (Lipinski definition) is 7. The zero-order valence-corrected chi connectivity index (χ0v) is 33.2. The van der Waals surface area contributed by atoms with Crippen LogP contribution >= 0.6 is 11.8 Å². The zero-order valence-electron chi connectivity index (χ0n) is 32.4. The van der Waals surface area contributed by atoms with Gasteiger partial charge >= 0.3 is 0 Å². The minimum absolute atomic E-state index is 0.0710. The van der Waals surface area contributed by atoms with Gasteiger partial charge in [0.1, 0.15) is 18.1 Å². The first-order valence-corrected chi connectivity index (χ1v) is 19.0. The number of nitrogens with zero attached hydrogens (tertiary/aromatic N) is 1. The minimum Gasteiger partial charge on any atom is -0.381 e. The molecule has 1 saturated heterocycles. The van der Waals surface area contributed by atoms with E-state index in [1.807, 2.05) is 84.9 Å². The van der Waals surface area contributed by atoms with E-state index in [0.29, 0.717) is 12.1 Å². The maximum atomic E-state index is 14.2. The highest BCUT2D eigenvalue weighted by Crippen LogP contribution is 2.40. The Morgan fingerprint density at radius 2 is 1.44 bits per heavy atom. The molecule has 0 unspecified atom stereocenters. The van der Waals surface area contributed by atoms with Gasteiger partial charge in [0.15, 0.2) is 6.10 Å². The van der Waals surface area contributed by atoms with Crippen LogP contribution in [0.5, 0.6) is 0 Å². The van der Waals surface area contributed by atoms with Crippen LogP contribution < -0.4 is 21.3 Å². The lowest BCUT2D eigenvalue weighted by molar-refractivity contribution is -0.148. The molecule has 1 heterocycles. The number of thioether (sulfide) groups is 1. The molecule has 0 bridgehead atoms. The Bertz CT molecular complexity index is 1540. The third-order valence-corrected chi connectivity index (χ3v) is 10.2. The molecule has 5 amide bonds. The normalized spacial score (nSPS) is 18.2. The third-order valence-electron chi connectivity index (χ3n) is 8.84. The molecule has 0 aromatic heterocycles. The zero-order chi connectivity index (χ0) is 39.0. The quantitative estimate of drug-likeness (QED) is 0.193. The van der Waals surface area contributed by atoms with Crippen molar-refractivity contribution in [2.24, 2.45) is 16.7 Å². The lowest BCUT2D eigenvalue weighted by Crippen LogP contribution is -2.62. The Morgan fingerprint density at radius 1 is 0.865 bits per heavy atom. The van der Waals surface area contributed by atoms with E-state index in [1.54, 1.807) is 45.0 Å². The van der Waals surface area contributed by atoms with E-state index >= 15 is 0 Å². The van der Waals surface area contributed by atoms with E-state index < -0.39 is 58.2 Å². The highest BCUT2D eigenvalue weighted by Gasteiger charge is 2.50. The van der Waals surface area contributed by atoms with Crippen molar-refractivity contribution in [1.82, 2.24) is 26.2 Å². The van der Waals surface area contributed by atoms with Crippen molar-refractivity contribution in [1.29, 1.82) is 0 Å². The molecule has 12 heteroatoms.